The quantitative estimate of drug-likeness (QED) is 0.530. The van der Waals surface area contributed by atoms with Crippen molar-refractivity contribution in [2.45, 2.75) is 26.6 Å². The van der Waals surface area contributed by atoms with Gasteiger partial charge >= 0.3 is 0 Å². The summed E-state index contributed by atoms with van der Waals surface area (Å²) in [5.41, 5.74) is 0. The molecule has 0 aromatic rings. The van der Waals surface area contributed by atoms with Crippen LogP contribution in [0.2, 0.25) is 0 Å². The van der Waals surface area contributed by atoms with E-state index in [-0.39, 0.29) is 0 Å². The molecule has 0 aromatic heterocycles. The van der Waals surface area contributed by atoms with Crippen LogP contribution >= 0.6 is 0 Å². The molecule has 0 radical (unpaired) electrons. The maximum Gasteiger partial charge on any atom is 0.157 e. The molecule has 1 fully saturated rings. The second kappa shape index (κ2) is 2.67. The van der Waals surface area contributed by atoms with Gasteiger partial charge in [-0.25, -0.2) is 0 Å². The zero-order valence-electron chi connectivity index (χ0n) is 6.00. The van der Waals surface area contributed by atoms with Crippen molar-refractivity contribution in [2.24, 2.45) is 11.8 Å². The maximum absolute atomic E-state index is 9.07. The molecule has 0 amide bonds. The van der Waals surface area contributed by atoms with Crippen LogP contribution in [0.1, 0.15) is 20.3 Å². The van der Waals surface area contributed by atoms with E-state index in [0.717, 1.165) is 6.42 Å². The standard InChI is InChI=1S/C7H14O2/c1-5-3-6(2)7(8)9-4-5/h5-8H,3-4H2,1-2H3/t5-,6+,7?/m0/s1. The largest absolute Gasteiger partial charge is 0.368 e. The minimum atomic E-state index is -0.513. The van der Waals surface area contributed by atoms with Gasteiger partial charge in [0.2, 0.25) is 0 Å². The van der Waals surface area contributed by atoms with Crippen LogP contribution in [-0.2, 0) is 4.74 Å². The molecule has 0 aliphatic carbocycles. The second-order valence-electron chi connectivity index (χ2n) is 3.04. The molecule has 1 saturated heterocycles. The van der Waals surface area contributed by atoms with E-state index in [9.17, 15) is 0 Å². The zero-order valence-corrected chi connectivity index (χ0v) is 6.00. The SMILES string of the molecule is C[C@@H]1COC(O)[C@H](C)C1. The summed E-state index contributed by atoms with van der Waals surface area (Å²) in [6.45, 7) is 4.87. The summed E-state index contributed by atoms with van der Waals surface area (Å²) in [7, 11) is 0. The van der Waals surface area contributed by atoms with Crippen LogP contribution < -0.4 is 0 Å². The topological polar surface area (TPSA) is 29.5 Å². The Kier molecular flexibility index (Phi) is 2.09. The predicted octanol–water partition coefficient (Wildman–Crippen LogP) is 0.997. The molecule has 1 rings (SSSR count). The van der Waals surface area contributed by atoms with Crippen molar-refractivity contribution >= 4 is 0 Å². The molecule has 0 saturated carbocycles. The summed E-state index contributed by atoms with van der Waals surface area (Å²) < 4.78 is 5.06. The lowest BCUT2D eigenvalue weighted by Crippen LogP contribution is -2.31. The first-order valence-corrected chi connectivity index (χ1v) is 3.50. The highest BCUT2D eigenvalue weighted by molar-refractivity contribution is 4.66. The zero-order chi connectivity index (χ0) is 6.85. The van der Waals surface area contributed by atoms with Crippen molar-refractivity contribution in [3.05, 3.63) is 0 Å². The van der Waals surface area contributed by atoms with Crippen LogP contribution in [0.25, 0.3) is 0 Å². The minimum Gasteiger partial charge on any atom is -0.368 e. The van der Waals surface area contributed by atoms with Crippen LogP contribution in [-0.4, -0.2) is 18.0 Å². The van der Waals surface area contributed by atoms with Gasteiger partial charge < -0.3 is 9.84 Å². The van der Waals surface area contributed by atoms with E-state index in [0.29, 0.717) is 18.4 Å². The third kappa shape index (κ3) is 1.66. The van der Waals surface area contributed by atoms with Gasteiger partial charge in [-0.3, -0.25) is 0 Å². The Balaban J connectivity index is 2.35. The monoisotopic (exact) mass is 130 g/mol. The molecule has 54 valence electrons. The molecule has 1 aliphatic heterocycles. The Morgan fingerprint density at radius 3 is 2.56 bits per heavy atom. The lowest BCUT2D eigenvalue weighted by Gasteiger charge is -2.28. The summed E-state index contributed by atoms with van der Waals surface area (Å²) in [6, 6.07) is 0. The Morgan fingerprint density at radius 1 is 1.44 bits per heavy atom. The summed E-state index contributed by atoms with van der Waals surface area (Å²) in [6.07, 6.45) is 0.572. The minimum absolute atomic E-state index is 0.314. The van der Waals surface area contributed by atoms with Gasteiger partial charge in [0.25, 0.3) is 0 Å². The van der Waals surface area contributed by atoms with Gasteiger partial charge in [-0.15, -0.1) is 0 Å². The molecule has 2 nitrogen and oxygen atoms in total. The molecule has 0 spiro atoms. The Hall–Kier alpha value is -0.0800. The Labute approximate surface area is 55.8 Å². The van der Waals surface area contributed by atoms with Gasteiger partial charge in [0, 0.05) is 5.92 Å². The highest BCUT2D eigenvalue weighted by Gasteiger charge is 2.23. The first-order chi connectivity index (χ1) is 4.20. The van der Waals surface area contributed by atoms with Crippen molar-refractivity contribution in [2.75, 3.05) is 6.61 Å². The van der Waals surface area contributed by atoms with E-state index in [1.807, 2.05) is 6.92 Å². The molecule has 1 unspecified atom stereocenters. The molecular formula is C7H14O2. The van der Waals surface area contributed by atoms with Gasteiger partial charge in [-0.1, -0.05) is 13.8 Å². The van der Waals surface area contributed by atoms with Crippen LogP contribution in [0, 0.1) is 11.8 Å². The van der Waals surface area contributed by atoms with E-state index in [1.165, 1.54) is 0 Å². The first kappa shape index (κ1) is 7.03. The number of hydrogen-bond donors (Lipinski definition) is 1. The number of hydrogen-bond acceptors (Lipinski definition) is 2. The van der Waals surface area contributed by atoms with Crippen LogP contribution in [0.5, 0.6) is 0 Å². The molecule has 1 heterocycles. The van der Waals surface area contributed by atoms with E-state index in [4.69, 9.17) is 9.84 Å². The number of ether oxygens (including phenoxy) is 1. The van der Waals surface area contributed by atoms with E-state index >= 15 is 0 Å². The maximum atomic E-state index is 9.07. The first-order valence-electron chi connectivity index (χ1n) is 3.50. The van der Waals surface area contributed by atoms with Crippen LogP contribution in [0.3, 0.4) is 0 Å². The average Bonchev–Trinajstić information content (AvgIpc) is 1.80. The highest BCUT2D eigenvalue weighted by atomic mass is 16.6. The van der Waals surface area contributed by atoms with Gasteiger partial charge in [0.1, 0.15) is 0 Å². The van der Waals surface area contributed by atoms with E-state index in [2.05, 4.69) is 6.92 Å². The van der Waals surface area contributed by atoms with Gasteiger partial charge in [-0.05, 0) is 12.3 Å². The molecule has 2 heteroatoms. The van der Waals surface area contributed by atoms with Crippen molar-refractivity contribution in [1.82, 2.24) is 0 Å². The summed E-state index contributed by atoms with van der Waals surface area (Å²) in [4.78, 5) is 0. The number of rotatable bonds is 0. The normalized spacial score (nSPS) is 45.0. The van der Waals surface area contributed by atoms with E-state index < -0.39 is 6.29 Å². The molecule has 3 atom stereocenters. The fourth-order valence-electron chi connectivity index (χ4n) is 1.25. The Morgan fingerprint density at radius 2 is 2.11 bits per heavy atom. The molecular weight excluding hydrogens is 116 g/mol. The van der Waals surface area contributed by atoms with Crippen LogP contribution in [0.15, 0.2) is 0 Å². The van der Waals surface area contributed by atoms with Crippen molar-refractivity contribution < 1.29 is 9.84 Å². The summed E-state index contributed by atoms with van der Waals surface area (Å²) >= 11 is 0. The fraction of sp³-hybridized carbons (Fsp3) is 1.00. The summed E-state index contributed by atoms with van der Waals surface area (Å²) in [5, 5.41) is 9.07. The van der Waals surface area contributed by atoms with Crippen LogP contribution in [0.4, 0.5) is 0 Å². The molecule has 9 heavy (non-hydrogen) atoms. The molecule has 0 bridgehead atoms. The molecule has 1 N–H and O–H groups in total. The molecule has 0 aromatic carbocycles. The third-order valence-electron chi connectivity index (χ3n) is 1.81. The van der Waals surface area contributed by atoms with Crippen molar-refractivity contribution in [3.8, 4) is 0 Å². The lowest BCUT2D eigenvalue weighted by molar-refractivity contribution is -0.168. The lowest BCUT2D eigenvalue weighted by atomic mass is 9.95. The van der Waals surface area contributed by atoms with Crippen molar-refractivity contribution in [1.29, 1.82) is 0 Å². The number of aliphatic hydroxyl groups is 1. The Bertz CT molecular complexity index is 92.9. The van der Waals surface area contributed by atoms with Gasteiger partial charge in [0.05, 0.1) is 6.61 Å². The fourth-order valence-corrected chi connectivity index (χ4v) is 1.25. The molecule has 1 aliphatic rings. The smallest absolute Gasteiger partial charge is 0.157 e. The van der Waals surface area contributed by atoms with Crippen molar-refractivity contribution in [3.63, 3.8) is 0 Å². The second-order valence-corrected chi connectivity index (χ2v) is 3.04. The average molecular weight is 130 g/mol. The van der Waals surface area contributed by atoms with E-state index in [1.54, 1.807) is 0 Å². The van der Waals surface area contributed by atoms with Gasteiger partial charge in [-0.2, -0.15) is 0 Å². The summed E-state index contributed by atoms with van der Waals surface area (Å²) in [5.74, 6) is 0.928. The highest BCUT2D eigenvalue weighted by Crippen LogP contribution is 2.22. The van der Waals surface area contributed by atoms with Gasteiger partial charge in [0.15, 0.2) is 6.29 Å². The predicted molar refractivity (Wildman–Crippen MR) is 34.9 cm³/mol. The number of aliphatic hydroxyl groups excluding tert-OH is 1. The third-order valence-corrected chi connectivity index (χ3v) is 1.81.